The normalized spacial score (nSPS) is 28.5. The van der Waals surface area contributed by atoms with Gasteiger partial charge in [0.1, 0.15) is 0 Å². The maximum absolute atomic E-state index is 14.3. The van der Waals surface area contributed by atoms with E-state index >= 15 is 0 Å². The van der Waals surface area contributed by atoms with Crippen molar-refractivity contribution >= 4 is 45.2 Å². The van der Waals surface area contributed by atoms with E-state index in [1.165, 1.54) is 4.90 Å². The lowest BCUT2D eigenvalue weighted by Gasteiger charge is -2.35. The Balaban J connectivity index is 1.46. The SMILES string of the molecule is C[C@]12C(=O)[C@](C)(C(c3ccccc3)=C1c1ccccc1)[C@@H]1C(=O)N(c3ccc4ccccc4c3)C(=O)[C@H]12. The van der Waals surface area contributed by atoms with E-state index < -0.39 is 22.7 Å². The Kier molecular flexibility index (Phi) is 4.36. The molecule has 180 valence electrons. The molecule has 1 aliphatic heterocycles. The minimum atomic E-state index is -1.11. The number of hydrogen-bond donors (Lipinski definition) is 0. The van der Waals surface area contributed by atoms with Crippen LogP contribution in [0.25, 0.3) is 21.9 Å². The molecular weight excluding hydrogens is 458 g/mol. The number of carbonyl (C=O) groups is 3. The number of anilines is 1. The van der Waals surface area contributed by atoms with Gasteiger partial charge in [0.25, 0.3) is 0 Å². The lowest BCUT2D eigenvalue weighted by atomic mass is 9.63. The number of allylic oxidation sites excluding steroid dienone is 2. The summed E-state index contributed by atoms with van der Waals surface area (Å²) in [6.07, 6.45) is 0. The number of amides is 2. The summed E-state index contributed by atoms with van der Waals surface area (Å²) in [7, 11) is 0. The molecule has 4 heteroatoms. The average molecular weight is 484 g/mol. The van der Waals surface area contributed by atoms with E-state index in [4.69, 9.17) is 0 Å². The van der Waals surface area contributed by atoms with Gasteiger partial charge in [0.15, 0.2) is 5.78 Å². The predicted molar refractivity (Wildman–Crippen MR) is 144 cm³/mol. The van der Waals surface area contributed by atoms with E-state index in [-0.39, 0.29) is 17.6 Å². The summed E-state index contributed by atoms with van der Waals surface area (Å²) in [5, 5.41) is 2.00. The quantitative estimate of drug-likeness (QED) is 0.328. The minimum Gasteiger partial charge on any atom is -0.298 e. The van der Waals surface area contributed by atoms with Gasteiger partial charge in [-0.2, -0.15) is 0 Å². The smallest absolute Gasteiger partial charge is 0.239 e. The van der Waals surface area contributed by atoms with Crippen LogP contribution in [0.2, 0.25) is 0 Å². The minimum absolute atomic E-state index is 0.0347. The molecular formula is C33H25NO3. The van der Waals surface area contributed by atoms with Gasteiger partial charge in [-0.25, -0.2) is 4.90 Å². The number of ketones is 1. The molecule has 7 rings (SSSR count). The molecule has 0 radical (unpaired) electrons. The van der Waals surface area contributed by atoms with Crippen molar-refractivity contribution in [3.05, 3.63) is 114 Å². The number of rotatable bonds is 3. The second kappa shape index (κ2) is 7.36. The number of imide groups is 1. The molecule has 37 heavy (non-hydrogen) atoms. The number of hydrogen-bond acceptors (Lipinski definition) is 3. The van der Waals surface area contributed by atoms with Crippen molar-refractivity contribution in [2.45, 2.75) is 13.8 Å². The van der Waals surface area contributed by atoms with Crippen LogP contribution in [-0.2, 0) is 14.4 Å². The van der Waals surface area contributed by atoms with E-state index in [0.29, 0.717) is 5.69 Å². The van der Waals surface area contributed by atoms with Crippen molar-refractivity contribution in [1.29, 1.82) is 0 Å². The van der Waals surface area contributed by atoms with Gasteiger partial charge < -0.3 is 0 Å². The van der Waals surface area contributed by atoms with Crippen LogP contribution in [0.15, 0.2) is 103 Å². The van der Waals surface area contributed by atoms with E-state index in [1.807, 2.05) is 117 Å². The Morgan fingerprint density at radius 3 is 1.54 bits per heavy atom. The van der Waals surface area contributed by atoms with Gasteiger partial charge in [0, 0.05) is 0 Å². The average Bonchev–Trinajstić information content (AvgIpc) is 3.38. The summed E-state index contributed by atoms with van der Waals surface area (Å²) in [5.74, 6) is -2.10. The zero-order chi connectivity index (χ0) is 25.5. The van der Waals surface area contributed by atoms with Crippen molar-refractivity contribution in [2.24, 2.45) is 22.7 Å². The number of nitrogens with zero attached hydrogens (tertiary/aromatic N) is 1. The van der Waals surface area contributed by atoms with Gasteiger partial charge in [0.2, 0.25) is 11.8 Å². The zero-order valence-corrected chi connectivity index (χ0v) is 20.6. The van der Waals surface area contributed by atoms with Gasteiger partial charge in [-0.1, -0.05) is 91.0 Å². The third-order valence-electron chi connectivity index (χ3n) is 8.90. The van der Waals surface area contributed by atoms with Crippen LogP contribution in [0.3, 0.4) is 0 Å². The summed E-state index contributed by atoms with van der Waals surface area (Å²) in [4.78, 5) is 44.0. The first kappa shape index (κ1) is 21.9. The molecule has 1 heterocycles. The Labute approximate surface area is 215 Å². The van der Waals surface area contributed by atoms with Crippen LogP contribution < -0.4 is 4.90 Å². The number of Topliss-reactive ketones (excluding diaryl/α,β-unsaturated/α-hetero) is 1. The molecule has 3 aliphatic rings. The molecule has 4 atom stereocenters. The summed E-state index contributed by atoms with van der Waals surface area (Å²) in [6, 6.07) is 33.2. The van der Waals surface area contributed by atoms with Crippen LogP contribution in [0.1, 0.15) is 25.0 Å². The topological polar surface area (TPSA) is 54.5 Å². The largest absolute Gasteiger partial charge is 0.298 e. The van der Waals surface area contributed by atoms with Gasteiger partial charge >= 0.3 is 0 Å². The predicted octanol–water partition coefficient (Wildman–Crippen LogP) is 6.17. The van der Waals surface area contributed by atoms with Crippen LogP contribution in [0.5, 0.6) is 0 Å². The van der Waals surface area contributed by atoms with Crippen molar-refractivity contribution < 1.29 is 14.4 Å². The summed E-state index contributed by atoms with van der Waals surface area (Å²) in [6.45, 7) is 3.76. The van der Waals surface area contributed by atoms with E-state index in [1.54, 1.807) is 0 Å². The van der Waals surface area contributed by atoms with Crippen molar-refractivity contribution in [2.75, 3.05) is 4.90 Å². The highest BCUT2D eigenvalue weighted by Crippen LogP contribution is 2.73. The fourth-order valence-corrected chi connectivity index (χ4v) is 7.38. The molecule has 2 amide bonds. The second-order valence-electron chi connectivity index (χ2n) is 10.7. The van der Waals surface area contributed by atoms with Gasteiger partial charge in [-0.3, -0.25) is 14.4 Å². The first-order chi connectivity index (χ1) is 17.9. The van der Waals surface area contributed by atoms with Gasteiger partial charge in [-0.15, -0.1) is 0 Å². The van der Waals surface area contributed by atoms with Crippen molar-refractivity contribution in [3.8, 4) is 0 Å². The van der Waals surface area contributed by atoms with Crippen LogP contribution >= 0.6 is 0 Å². The highest BCUT2D eigenvalue weighted by Gasteiger charge is 2.78. The maximum Gasteiger partial charge on any atom is 0.239 e. The number of benzene rings is 4. The molecule has 2 bridgehead atoms. The second-order valence-corrected chi connectivity index (χ2v) is 10.7. The Hall–Kier alpha value is -4.31. The molecule has 2 aliphatic carbocycles. The van der Waals surface area contributed by atoms with E-state index in [0.717, 1.165) is 33.0 Å². The highest BCUT2D eigenvalue weighted by atomic mass is 16.2. The molecule has 1 saturated carbocycles. The summed E-state index contributed by atoms with van der Waals surface area (Å²) >= 11 is 0. The highest BCUT2D eigenvalue weighted by molar-refractivity contribution is 6.34. The monoisotopic (exact) mass is 483 g/mol. The lowest BCUT2D eigenvalue weighted by Crippen LogP contribution is -2.40. The summed E-state index contributed by atoms with van der Waals surface area (Å²) in [5.41, 5.74) is 1.93. The van der Waals surface area contributed by atoms with E-state index in [2.05, 4.69) is 0 Å². The molecule has 0 spiro atoms. The first-order valence-electron chi connectivity index (χ1n) is 12.7. The van der Waals surface area contributed by atoms with Gasteiger partial charge in [0.05, 0.1) is 28.4 Å². The molecule has 0 unspecified atom stereocenters. The first-order valence-corrected chi connectivity index (χ1v) is 12.7. The molecule has 0 aromatic heterocycles. The Morgan fingerprint density at radius 2 is 1.03 bits per heavy atom. The molecule has 2 fully saturated rings. The van der Waals surface area contributed by atoms with Gasteiger partial charge in [-0.05, 0) is 59.0 Å². The fourth-order valence-electron chi connectivity index (χ4n) is 7.38. The third-order valence-corrected chi connectivity index (χ3v) is 8.90. The molecule has 0 N–H and O–H groups in total. The van der Waals surface area contributed by atoms with Crippen molar-refractivity contribution in [1.82, 2.24) is 0 Å². The third kappa shape index (κ3) is 2.60. The number of carbonyl (C=O) groups excluding carboxylic acids is 3. The molecule has 4 nitrogen and oxygen atoms in total. The molecule has 1 saturated heterocycles. The fraction of sp³-hybridized carbons (Fsp3) is 0.182. The Bertz CT molecular complexity index is 1590. The van der Waals surface area contributed by atoms with Crippen LogP contribution in [0, 0.1) is 22.7 Å². The zero-order valence-electron chi connectivity index (χ0n) is 20.6. The van der Waals surface area contributed by atoms with Crippen LogP contribution in [-0.4, -0.2) is 17.6 Å². The maximum atomic E-state index is 14.3. The summed E-state index contributed by atoms with van der Waals surface area (Å²) < 4.78 is 0. The number of fused-ring (bicyclic) bond motifs is 6. The Morgan fingerprint density at radius 1 is 0.568 bits per heavy atom. The lowest BCUT2D eigenvalue weighted by molar-refractivity contribution is -0.133. The van der Waals surface area contributed by atoms with Crippen molar-refractivity contribution in [3.63, 3.8) is 0 Å². The molecule has 4 aromatic carbocycles. The standard InChI is InChI=1S/C33H25NO3/c1-32-25(21-12-5-3-6-13-21)26(22-14-7-4-8-15-22)33(2,31(32)37)28-27(32)29(35)34(30(28)36)24-18-17-20-11-9-10-16-23(20)19-24/h3-19,27-28H,1-2H3/t27-,28-,32-,33+/m0/s1. The van der Waals surface area contributed by atoms with E-state index in [9.17, 15) is 14.4 Å². The van der Waals surface area contributed by atoms with Crippen LogP contribution in [0.4, 0.5) is 5.69 Å². The molecule has 4 aromatic rings.